The first kappa shape index (κ1) is 14.2. The molecule has 0 saturated heterocycles. The molecule has 0 aliphatic carbocycles. The third-order valence-electron chi connectivity index (χ3n) is 3.00. The number of nitriles is 1. The Morgan fingerprint density at radius 2 is 2.11 bits per heavy atom. The quantitative estimate of drug-likeness (QED) is 0.799. The summed E-state index contributed by atoms with van der Waals surface area (Å²) in [7, 11) is 1.89. The van der Waals surface area contributed by atoms with E-state index in [4.69, 9.17) is 5.26 Å². The van der Waals surface area contributed by atoms with Gasteiger partial charge in [0.2, 0.25) is 0 Å². The highest BCUT2D eigenvalue weighted by Gasteiger charge is 2.11. The second-order valence-electron chi connectivity index (χ2n) is 4.93. The number of carbonyl (C=O) groups excluding carboxylic acids is 1. The van der Waals surface area contributed by atoms with Crippen LogP contribution in [0.4, 0.5) is 5.69 Å². The molecule has 0 aromatic heterocycles. The molecule has 0 bridgehead atoms. The molecule has 0 unspecified atom stereocenters. The van der Waals surface area contributed by atoms with Gasteiger partial charge in [-0.2, -0.15) is 5.26 Å². The molecule has 3 nitrogen and oxygen atoms in total. The Labute approximate surface area is 109 Å². The Morgan fingerprint density at radius 1 is 1.44 bits per heavy atom. The summed E-state index contributed by atoms with van der Waals surface area (Å²) in [5.74, 6) is 0.418. The Morgan fingerprint density at radius 3 is 2.67 bits per heavy atom. The van der Waals surface area contributed by atoms with Crippen LogP contribution in [0.25, 0.3) is 0 Å². The highest BCUT2D eigenvalue weighted by molar-refractivity contribution is 5.85. The summed E-state index contributed by atoms with van der Waals surface area (Å²) >= 11 is 0. The van der Waals surface area contributed by atoms with Gasteiger partial charge in [0.05, 0.1) is 19.0 Å². The van der Waals surface area contributed by atoms with Crippen LogP contribution in [-0.2, 0) is 4.79 Å². The van der Waals surface area contributed by atoms with E-state index in [9.17, 15) is 4.79 Å². The molecule has 0 aliphatic rings. The third kappa shape index (κ3) is 3.59. The van der Waals surface area contributed by atoms with Crippen molar-refractivity contribution in [3.8, 4) is 6.07 Å². The summed E-state index contributed by atoms with van der Waals surface area (Å²) in [6, 6.07) is 8.22. The van der Waals surface area contributed by atoms with Gasteiger partial charge in [-0.25, -0.2) is 0 Å². The molecule has 0 fully saturated rings. The number of ketones is 1. The summed E-state index contributed by atoms with van der Waals surface area (Å²) in [5.41, 5.74) is 3.47. The number of hydrogen-bond donors (Lipinski definition) is 0. The minimum absolute atomic E-state index is 0.0206. The normalized spacial score (nSPS) is 10.2. The van der Waals surface area contributed by atoms with Crippen LogP contribution in [0.5, 0.6) is 0 Å². The van der Waals surface area contributed by atoms with Gasteiger partial charge in [-0.05, 0) is 30.0 Å². The van der Waals surface area contributed by atoms with Crippen LogP contribution < -0.4 is 4.90 Å². The van der Waals surface area contributed by atoms with Crippen LogP contribution in [0.1, 0.15) is 37.3 Å². The lowest BCUT2D eigenvalue weighted by Crippen LogP contribution is -2.26. The molecule has 3 heteroatoms. The van der Waals surface area contributed by atoms with Gasteiger partial charge in [-0.1, -0.05) is 26.0 Å². The smallest absolute Gasteiger partial charge is 0.166 e. The molecule has 0 amide bonds. The van der Waals surface area contributed by atoms with Gasteiger partial charge in [0.25, 0.3) is 0 Å². The van der Waals surface area contributed by atoms with Crippen molar-refractivity contribution in [2.24, 2.45) is 0 Å². The third-order valence-corrected chi connectivity index (χ3v) is 3.00. The summed E-state index contributed by atoms with van der Waals surface area (Å²) in [5, 5.41) is 8.50. The van der Waals surface area contributed by atoms with Gasteiger partial charge < -0.3 is 4.90 Å². The second-order valence-corrected chi connectivity index (χ2v) is 4.93. The van der Waals surface area contributed by atoms with Gasteiger partial charge in [0.15, 0.2) is 5.78 Å². The van der Waals surface area contributed by atoms with E-state index in [1.54, 1.807) is 0 Å². The number of likely N-dealkylation sites (N-methyl/N-ethyl adjacent to an activating group) is 1. The Bertz CT molecular complexity index is 472. The van der Waals surface area contributed by atoms with Crippen LogP contribution in [-0.4, -0.2) is 19.4 Å². The van der Waals surface area contributed by atoms with Crippen molar-refractivity contribution >= 4 is 11.5 Å². The molecule has 0 spiro atoms. The predicted octanol–water partition coefficient (Wildman–Crippen LogP) is 3.04. The number of benzene rings is 1. The largest absolute Gasteiger partial charge is 0.367 e. The van der Waals surface area contributed by atoms with Gasteiger partial charge in [-0.3, -0.25) is 4.79 Å². The number of hydrogen-bond acceptors (Lipinski definition) is 3. The first-order chi connectivity index (χ1) is 8.45. The molecule has 0 heterocycles. The fourth-order valence-electron chi connectivity index (χ4n) is 1.89. The maximum atomic E-state index is 11.5. The van der Waals surface area contributed by atoms with Crippen molar-refractivity contribution in [2.45, 2.75) is 33.1 Å². The zero-order valence-corrected chi connectivity index (χ0v) is 11.5. The number of Topliss-reactive ketones (excluding diaryl/α,β-unsaturated/α-hetero) is 1. The van der Waals surface area contributed by atoms with Crippen LogP contribution in [0.15, 0.2) is 18.2 Å². The molecule has 0 atom stereocenters. The molecular formula is C15H20N2O. The Hall–Kier alpha value is -1.82. The minimum Gasteiger partial charge on any atom is -0.367 e. The van der Waals surface area contributed by atoms with E-state index in [0.717, 1.165) is 11.3 Å². The van der Waals surface area contributed by atoms with Gasteiger partial charge in [0, 0.05) is 12.7 Å². The number of carbonyl (C=O) groups is 1. The van der Waals surface area contributed by atoms with Crippen LogP contribution in [0.3, 0.4) is 0 Å². The van der Waals surface area contributed by atoms with E-state index in [-0.39, 0.29) is 18.7 Å². The maximum Gasteiger partial charge on any atom is 0.166 e. The zero-order valence-electron chi connectivity index (χ0n) is 11.5. The summed E-state index contributed by atoms with van der Waals surface area (Å²) in [6.45, 7) is 6.62. The van der Waals surface area contributed by atoms with E-state index in [0.29, 0.717) is 5.92 Å². The van der Waals surface area contributed by atoms with Crippen molar-refractivity contribution in [1.82, 2.24) is 0 Å². The first-order valence-corrected chi connectivity index (χ1v) is 6.16. The van der Waals surface area contributed by atoms with Crippen molar-refractivity contribution in [3.05, 3.63) is 29.3 Å². The molecule has 1 aromatic rings. The fourth-order valence-corrected chi connectivity index (χ4v) is 1.89. The van der Waals surface area contributed by atoms with E-state index in [1.807, 2.05) is 24.9 Å². The molecule has 18 heavy (non-hydrogen) atoms. The van der Waals surface area contributed by atoms with E-state index in [1.165, 1.54) is 5.56 Å². The maximum absolute atomic E-state index is 11.5. The van der Waals surface area contributed by atoms with Gasteiger partial charge >= 0.3 is 0 Å². The topological polar surface area (TPSA) is 44.1 Å². The zero-order chi connectivity index (χ0) is 13.7. The predicted molar refractivity (Wildman–Crippen MR) is 73.8 cm³/mol. The van der Waals surface area contributed by atoms with Crippen LogP contribution >= 0.6 is 0 Å². The SMILES string of the molecule is Cc1ccc(C(C)C)cc1N(C)CC(=O)CC#N. The monoisotopic (exact) mass is 244 g/mol. The lowest BCUT2D eigenvalue weighted by molar-refractivity contribution is -0.116. The van der Waals surface area contributed by atoms with Crippen LogP contribution in [0, 0.1) is 18.3 Å². The Balaban J connectivity index is 2.91. The minimum atomic E-state index is -0.0469. The molecule has 1 aromatic carbocycles. The second kappa shape index (κ2) is 6.20. The number of nitrogens with zero attached hydrogens (tertiary/aromatic N) is 2. The number of anilines is 1. The standard InChI is InChI=1S/C15H20N2O/c1-11(2)13-6-5-12(3)15(9-13)17(4)10-14(18)7-8-16/h5-6,9,11H,7,10H2,1-4H3. The van der Waals surface area contributed by atoms with Crippen molar-refractivity contribution in [1.29, 1.82) is 5.26 Å². The highest BCUT2D eigenvalue weighted by Crippen LogP contribution is 2.24. The van der Waals surface area contributed by atoms with Crippen molar-refractivity contribution in [2.75, 3.05) is 18.5 Å². The first-order valence-electron chi connectivity index (χ1n) is 6.16. The number of rotatable bonds is 5. The van der Waals surface area contributed by atoms with Gasteiger partial charge in [-0.15, -0.1) is 0 Å². The van der Waals surface area contributed by atoms with E-state index < -0.39 is 0 Å². The van der Waals surface area contributed by atoms with E-state index in [2.05, 4.69) is 32.0 Å². The number of aryl methyl sites for hydroxylation is 1. The summed E-state index contributed by atoms with van der Waals surface area (Å²) < 4.78 is 0. The molecule has 96 valence electrons. The highest BCUT2D eigenvalue weighted by atomic mass is 16.1. The van der Waals surface area contributed by atoms with Crippen LogP contribution in [0.2, 0.25) is 0 Å². The molecular weight excluding hydrogens is 224 g/mol. The van der Waals surface area contributed by atoms with Crippen molar-refractivity contribution < 1.29 is 4.79 Å². The lowest BCUT2D eigenvalue weighted by atomic mass is 10.00. The fraction of sp³-hybridized carbons (Fsp3) is 0.467. The van der Waals surface area contributed by atoms with Crippen molar-refractivity contribution in [3.63, 3.8) is 0 Å². The molecule has 0 radical (unpaired) electrons. The molecule has 0 saturated carbocycles. The molecule has 0 N–H and O–H groups in total. The Kier molecular flexibility index (Phi) is 4.91. The van der Waals surface area contributed by atoms with Gasteiger partial charge in [0.1, 0.15) is 0 Å². The summed E-state index contributed by atoms with van der Waals surface area (Å²) in [6.07, 6.45) is -0.0206. The molecule has 1 rings (SSSR count). The van der Waals surface area contributed by atoms with E-state index >= 15 is 0 Å². The average Bonchev–Trinajstić information content (AvgIpc) is 2.29. The lowest BCUT2D eigenvalue weighted by Gasteiger charge is -2.22. The molecule has 0 aliphatic heterocycles. The average molecular weight is 244 g/mol. The summed E-state index contributed by atoms with van der Waals surface area (Å²) in [4.78, 5) is 13.4.